The highest BCUT2D eigenvalue weighted by Gasteiger charge is 2.18. The Bertz CT molecular complexity index is 494. The van der Waals surface area contributed by atoms with Crippen LogP contribution >= 0.6 is 15.9 Å². The maximum atomic E-state index is 10.9. The van der Waals surface area contributed by atoms with Gasteiger partial charge in [0.15, 0.2) is 0 Å². The molecule has 1 heterocycles. The van der Waals surface area contributed by atoms with Crippen LogP contribution in [0.3, 0.4) is 0 Å². The van der Waals surface area contributed by atoms with Crippen molar-refractivity contribution in [1.82, 2.24) is 4.98 Å². The molecule has 0 atom stereocenters. The predicted molar refractivity (Wildman–Crippen MR) is 60.6 cm³/mol. The molecule has 1 N–H and O–H groups in total. The Morgan fingerprint density at radius 1 is 1.33 bits per heavy atom. The molecule has 0 bridgehead atoms. The van der Waals surface area contributed by atoms with Gasteiger partial charge in [0.1, 0.15) is 0 Å². The van der Waals surface area contributed by atoms with Gasteiger partial charge in [-0.2, -0.15) is 0 Å². The first-order valence-electron chi connectivity index (χ1n) is 4.26. The highest BCUT2D eigenvalue weighted by atomic mass is 79.9. The number of nitro groups is 1. The van der Waals surface area contributed by atoms with Crippen LogP contribution in [-0.4, -0.2) is 9.91 Å². The third-order valence-electron chi connectivity index (χ3n) is 2.08. The quantitative estimate of drug-likeness (QED) is 0.670. The lowest BCUT2D eigenvalue weighted by molar-refractivity contribution is -0.385. The van der Waals surface area contributed by atoms with Gasteiger partial charge in [-0.25, -0.2) is 0 Å². The van der Waals surface area contributed by atoms with Gasteiger partial charge < -0.3 is 4.98 Å². The fourth-order valence-corrected chi connectivity index (χ4v) is 1.94. The molecule has 0 fully saturated rings. The highest BCUT2D eigenvalue weighted by molar-refractivity contribution is 9.10. The van der Waals surface area contributed by atoms with E-state index in [1.54, 1.807) is 36.7 Å². The molecule has 0 aliphatic heterocycles. The molecule has 1 aromatic carbocycles. The molecule has 0 saturated carbocycles. The molecule has 1 aromatic heterocycles. The van der Waals surface area contributed by atoms with Gasteiger partial charge in [-0.1, -0.05) is 6.07 Å². The minimum absolute atomic E-state index is 0.0945. The fourth-order valence-electron chi connectivity index (χ4n) is 1.43. The van der Waals surface area contributed by atoms with Gasteiger partial charge in [0.05, 0.1) is 15.0 Å². The third-order valence-corrected chi connectivity index (χ3v) is 2.72. The number of halogens is 1. The molecule has 0 unspecified atom stereocenters. The number of aromatic amines is 1. The van der Waals surface area contributed by atoms with E-state index in [0.717, 1.165) is 5.56 Å². The molecule has 4 nitrogen and oxygen atoms in total. The predicted octanol–water partition coefficient (Wildman–Crippen LogP) is 3.35. The molecule has 5 heteroatoms. The number of nitrogens with one attached hydrogen (secondary N) is 1. The third kappa shape index (κ3) is 1.78. The molecule has 0 amide bonds. The summed E-state index contributed by atoms with van der Waals surface area (Å²) in [5, 5.41) is 10.9. The van der Waals surface area contributed by atoms with E-state index in [-0.39, 0.29) is 10.6 Å². The average molecular weight is 267 g/mol. The minimum Gasteiger partial charge on any atom is -0.367 e. The lowest BCUT2D eigenvalue weighted by Crippen LogP contribution is -1.92. The van der Waals surface area contributed by atoms with Crippen LogP contribution in [0, 0.1) is 10.1 Å². The number of aromatic nitrogens is 1. The Morgan fingerprint density at radius 3 is 2.73 bits per heavy atom. The first-order chi connectivity index (χ1) is 7.20. The number of hydrogen-bond donors (Lipinski definition) is 1. The first-order valence-corrected chi connectivity index (χ1v) is 5.05. The zero-order chi connectivity index (χ0) is 10.8. The van der Waals surface area contributed by atoms with E-state index in [1.807, 2.05) is 0 Å². The second kappa shape index (κ2) is 3.86. The van der Waals surface area contributed by atoms with E-state index in [2.05, 4.69) is 20.9 Å². The lowest BCUT2D eigenvalue weighted by Gasteiger charge is -2.01. The monoisotopic (exact) mass is 266 g/mol. The largest absolute Gasteiger partial charge is 0.367 e. The zero-order valence-electron chi connectivity index (χ0n) is 7.61. The molecule has 0 spiro atoms. The van der Waals surface area contributed by atoms with E-state index in [4.69, 9.17) is 0 Å². The second-order valence-electron chi connectivity index (χ2n) is 2.99. The van der Waals surface area contributed by atoms with Crippen molar-refractivity contribution in [3.05, 3.63) is 51.2 Å². The summed E-state index contributed by atoms with van der Waals surface area (Å²) >= 11 is 3.18. The molecule has 0 aliphatic rings. The summed E-state index contributed by atoms with van der Waals surface area (Å²) in [6.45, 7) is 0. The van der Waals surface area contributed by atoms with Crippen LogP contribution in [0.1, 0.15) is 0 Å². The van der Waals surface area contributed by atoms with Crippen molar-refractivity contribution in [2.45, 2.75) is 0 Å². The summed E-state index contributed by atoms with van der Waals surface area (Å²) in [7, 11) is 0. The van der Waals surface area contributed by atoms with E-state index < -0.39 is 0 Å². The molecule has 2 rings (SSSR count). The summed E-state index contributed by atoms with van der Waals surface area (Å²) in [6, 6.07) is 6.97. The van der Waals surface area contributed by atoms with Gasteiger partial charge in [-0.05, 0) is 34.1 Å². The Morgan fingerprint density at radius 2 is 2.13 bits per heavy atom. The van der Waals surface area contributed by atoms with Gasteiger partial charge in [0.25, 0.3) is 5.69 Å². The summed E-state index contributed by atoms with van der Waals surface area (Å²) in [5.41, 5.74) is 1.51. The number of para-hydroxylation sites is 1. The number of H-pyrrole nitrogens is 1. The van der Waals surface area contributed by atoms with Crippen LogP contribution in [0.5, 0.6) is 0 Å². The number of hydrogen-bond acceptors (Lipinski definition) is 2. The topological polar surface area (TPSA) is 58.9 Å². The van der Waals surface area contributed by atoms with E-state index in [9.17, 15) is 10.1 Å². The van der Waals surface area contributed by atoms with E-state index in [0.29, 0.717) is 10.0 Å². The van der Waals surface area contributed by atoms with Gasteiger partial charge >= 0.3 is 0 Å². The number of benzene rings is 1. The standard InChI is InChI=1S/C10H7BrN2O2/c11-9-3-1-2-8(10(9)13(14)15)7-4-5-12-6-7/h1-6,12H. The minimum atomic E-state index is -0.383. The maximum absolute atomic E-state index is 10.9. The smallest absolute Gasteiger partial charge is 0.291 e. The van der Waals surface area contributed by atoms with Crippen LogP contribution in [-0.2, 0) is 0 Å². The molecule has 76 valence electrons. The summed E-state index contributed by atoms with van der Waals surface area (Å²) < 4.78 is 0.492. The van der Waals surface area contributed by atoms with E-state index in [1.165, 1.54) is 0 Å². The number of rotatable bonds is 2. The average Bonchev–Trinajstić information content (AvgIpc) is 2.69. The normalized spacial score (nSPS) is 10.2. The van der Waals surface area contributed by atoms with Crippen molar-refractivity contribution in [2.75, 3.05) is 0 Å². The molecule has 15 heavy (non-hydrogen) atoms. The van der Waals surface area contributed by atoms with Crippen LogP contribution in [0.2, 0.25) is 0 Å². The summed E-state index contributed by atoms with van der Waals surface area (Å²) in [4.78, 5) is 13.4. The van der Waals surface area contributed by atoms with Crippen molar-refractivity contribution >= 4 is 21.6 Å². The van der Waals surface area contributed by atoms with Gasteiger partial charge in [-0.15, -0.1) is 0 Å². The molecular weight excluding hydrogens is 260 g/mol. The highest BCUT2D eigenvalue weighted by Crippen LogP contribution is 2.35. The number of nitro benzene ring substituents is 1. The Kier molecular flexibility index (Phi) is 2.55. The second-order valence-corrected chi connectivity index (χ2v) is 3.85. The van der Waals surface area contributed by atoms with Gasteiger partial charge in [0.2, 0.25) is 0 Å². The molecule has 0 saturated heterocycles. The summed E-state index contributed by atoms with van der Waals surface area (Å²) in [5.74, 6) is 0. The van der Waals surface area contributed by atoms with E-state index >= 15 is 0 Å². The Balaban J connectivity index is 2.66. The van der Waals surface area contributed by atoms with Crippen molar-refractivity contribution in [1.29, 1.82) is 0 Å². The fraction of sp³-hybridized carbons (Fsp3) is 0. The van der Waals surface area contributed by atoms with Crippen LogP contribution in [0.25, 0.3) is 11.1 Å². The first kappa shape index (κ1) is 9.92. The van der Waals surface area contributed by atoms with Crippen molar-refractivity contribution in [2.24, 2.45) is 0 Å². The van der Waals surface area contributed by atoms with Crippen molar-refractivity contribution in [3.8, 4) is 11.1 Å². The SMILES string of the molecule is O=[N+]([O-])c1c(Br)cccc1-c1cc[nH]c1. The summed E-state index contributed by atoms with van der Waals surface area (Å²) in [6.07, 6.45) is 3.47. The van der Waals surface area contributed by atoms with Crippen molar-refractivity contribution < 1.29 is 4.92 Å². The maximum Gasteiger partial charge on any atom is 0.291 e. The van der Waals surface area contributed by atoms with Gasteiger partial charge in [-0.3, -0.25) is 10.1 Å². The van der Waals surface area contributed by atoms with Crippen LogP contribution < -0.4 is 0 Å². The number of nitrogens with zero attached hydrogens (tertiary/aromatic N) is 1. The van der Waals surface area contributed by atoms with Crippen LogP contribution in [0.4, 0.5) is 5.69 Å². The van der Waals surface area contributed by atoms with Crippen LogP contribution in [0.15, 0.2) is 41.1 Å². The molecule has 0 radical (unpaired) electrons. The lowest BCUT2D eigenvalue weighted by atomic mass is 10.1. The molecule has 0 aliphatic carbocycles. The molecular formula is C10H7BrN2O2. The Hall–Kier alpha value is -1.62. The Labute approximate surface area is 94.2 Å². The zero-order valence-corrected chi connectivity index (χ0v) is 9.19. The van der Waals surface area contributed by atoms with Crippen molar-refractivity contribution in [3.63, 3.8) is 0 Å². The van der Waals surface area contributed by atoms with Gasteiger partial charge in [0, 0.05) is 18.0 Å². The molecule has 2 aromatic rings.